The Hall–Kier alpha value is -1.31. The maximum atomic E-state index is 13.0. The second-order valence-corrected chi connectivity index (χ2v) is 2.95. The van der Waals surface area contributed by atoms with Crippen LogP contribution in [0.2, 0.25) is 0 Å². The van der Waals surface area contributed by atoms with E-state index >= 15 is 0 Å². The van der Waals surface area contributed by atoms with Crippen LogP contribution in [0.5, 0.6) is 5.75 Å². The van der Waals surface area contributed by atoms with Crippen molar-refractivity contribution in [3.05, 3.63) is 42.2 Å². The van der Waals surface area contributed by atoms with E-state index in [1.165, 1.54) is 6.07 Å². The molecule has 0 radical (unpaired) electrons. The number of benzene rings is 1. The smallest absolute Gasteiger partial charge is 0.165 e. The van der Waals surface area contributed by atoms with Gasteiger partial charge in [0.05, 0.1) is 6.61 Å². The average Bonchev–Trinajstić information content (AvgIpc) is 2.20. The van der Waals surface area contributed by atoms with Crippen LogP contribution in [0, 0.1) is 5.82 Å². The Morgan fingerprint density at radius 1 is 1.29 bits per heavy atom. The predicted molar refractivity (Wildman–Crippen MR) is 55.9 cm³/mol. The Morgan fingerprint density at radius 2 is 2.07 bits per heavy atom. The van der Waals surface area contributed by atoms with Gasteiger partial charge in [0.15, 0.2) is 11.6 Å². The number of halogens is 1. The van der Waals surface area contributed by atoms with Gasteiger partial charge in [-0.1, -0.05) is 31.2 Å². The fourth-order valence-corrected chi connectivity index (χ4v) is 1.08. The predicted octanol–water partition coefficient (Wildman–Crippen LogP) is 3.56. The van der Waals surface area contributed by atoms with Gasteiger partial charge in [-0.15, -0.1) is 0 Å². The summed E-state index contributed by atoms with van der Waals surface area (Å²) >= 11 is 0. The molecule has 0 aromatic heterocycles. The van der Waals surface area contributed by atoms with Crippen molar-refractivity contribution in [1.82, 2.24) is 0 Å². The topological polar surface area (TPSA) is 9.23 Å². The zero-order valence-corrected chi connectivity index (χ0v) is 8.37. The Bertz CT molecular complexity index is 294. The van der Waals surface area contributed by atoms with Crippen LogP contribution in [-0.4, -0.2) is 6.61 Å². The molecule has 0 aliphatic carbocycles. The number of rotatable bonds is 5. The number of hydrogen-bond acceptors (Lipinski definition) is 1. The molecule has 0 fully saturated rings. The fourth-order valence-electron chi connectivity index (χ4n) is 1.08. The molecule has 1 nitrogen and oxygen atoms in total. The minimum atomic E-state index is -0.299. The average molecular weight is 194 g/mol. The van der Waals surface area contributed by atoms with Crippen LogP contribution in [0.3, 0.4) is 0 Å². The van der Waals surface area contributed by atoms with Crippen LogP contribution in [0.25, 0.3) is 0 Å². The van der Waals surface area contributed by atoms with Crippen molar-refractivity contribution in [2.45, 2.75) is 19.8 Å². The van der Waals surface area contributed by atoms with Crippen molar-refractivity contribution >= 4 is 0 Å². The molecule has 2 heteroatoms. The molecular formula is C12H15FO. The summed E-state index contributed by atoms with van der Waals surface area (Å²) < 4.78 is 18.3. The molecule has 0 heterocycles. The van der Waals surface area contributed by atoms with Gasteiger partial charge < -0.3 is 4.74 Å². The lowest BCUT2D eigenvalue weighted by molar-refractivity contribution is 0.308. The van der Waals surface area contributed by atoms with Crippen LogP contribution in [0.15, 0.2) is 36.4 Å². The SMILES string of the molecule is CCC=CCCOc1ccccc1F. The largest absolute Gasteiger partial charge is 0.490 e. The van der Waals surface area contributed by atoms with Gasteiger partial charge in [-0.2, -0.15) is 0 Å². The van der Waals surface area contributed by atoms with Crippen LogP contribution < -0.4 is 4.74 Å². The summed E-state index contributed by atoms with van der Waals surface area (Å²) in [5.74, 6) is 0.0318. The first-order valence-corrected chi connectivity index (χ1v) is 4.87. The third-order valence-electron chi connectivity index (χ3n) is 1.78. The van der Waals surface area contributed by atoms with E-state index in [-0.39, 0.29) is 5.82 Å². The summed E-state index contributed by atoms with van der Waals surface area (Å²) in [6.45, 7) is 2.60. The second kappa shape index (κ2) is 6.19. The molecule has 0 saturated heterocycles. The van der Waals surface area contributed by atoms with Crippen molar-refractivity contribution in [1.29, 1.82) is 0 Å². The van der Waals surface area contributed by atoms with E-state index in [9.17, 15) is 4.39 Å². The lowest BCUT2D eigenvalue weighted by atomic mass is 10.3. The summed E-state index contributed by atoms with van der Waals surface area (Å²) in [6, 6.07) is 6.45. The van der Waals surface area contributed by atoms with E-state index < -0.39 is 0 Å². The second-order valence-electron chi connectivity index (χ2n) is 2.95. The van der Waals surface area contributed by atoms with E-state index in [1.807, 2.05) is 6.08 Å². The van der Waals surface area contributed by atoms with Gasteiger partial charge in [0, 0.05) is 0 Å². The molecule has 0 aliphatic rings. The normalized spacial score (nSPS) is 10.7. The molecule has 0 unspecified atom stereocenters. The van der Waals surface area contributed by atoms with Crippen LogP contribution in [-0.2, 0) is 0 Å². The molecule has 1 aromatic rings. The Morgan fingerprint density at radius 3 is 2.79 bits per heavy atom. The third-order valence-corrected chi connectivity index (χ3v) is 1.78. The highest BCUT2D eigenvalue weighted by Gasteiger charge is 1.98. The molecule has 0 atom stereocenters. The summed E-state index contributed by atoms with van der Waals surface area (Å²) in [7, 11) is 0. The number of ether oxygens (including phenoxy) is 1. The maximum Gasteiger partial charge on any atom is 0.165 e. The maximum absolute atomic E-state index is 13.0. The van der Waals surface area contributed by atoms with Crippen molar-refractivity contribution in [3.8, 4) is 5.75 Å². The highest BCUT2D eigenvalue weighted by atomic mass is 19.1. The lowest BCUT2D eigenvalue weighted by Crippen LogP contribution is -1.97. The van der Waals surface area contributed by atoms with E-state index in [2.05, 4.69) is 13.0 Å². The Labute approximate surface area is 84.2 Å². The van der Waals surface area contributed by atoms with Gasteiger partial charge in [-0.25, -0.2) is 4.39 Å². The molecule has 0 spiro atoms. The highest BCUT2D eigenvalue weighted by Crippen LogP contribution is 2.15. The zero-order valence-electron chi connectivity index (χ0n) is 8.37. The van der Waals surface area contributed by atoms with E-state index in [1.54, 1.807) is 18.2 Å². The van der Waals surface area contributed by atoms with Gasteiger partial charge in [-0.05, 0) is 25.0 Å². The summed E-state index contributed by atoms with van der Waals surface area (Å²) in [5.41, 5.74) is 0. The number of hydrogen-bond donors (Lipinski definition) is 0. The molecule has 76 valence electrons. The first-order valence-electron chi connectivity index (χ1n) is 4.87. The van der Waals surface area contributed by atoms with E-state index in [4.69, 9.17) is 4.74 Å². The fraction of sp³-hybridized carbons (Fsp3) is 0.333. The minimum Gasteiger partial charge on any atom is -0.490 e. The summed E-state index contributed by atoms with van der Waals surface area (Å²) in [5, 5.41) is 0. The first kappa shape index (κ1) is 10.8. The van der Waals surface area contributed by atoms with E-state index in [0.717, 1.165) is 12.8 Å². The first-order chi connectivity index (χ1) is 6.84. The Balaban J connectivity index is 2.31. The van der Waals surface area contributed by atoms with Crippen LogP contribution >= 0.6 is 0 Å². The highest BCUT2D eigenvalue weighted by molar-refractivity contribution is 5.23. The summed E-state index contributed by atoms with van der Waals surface area (Å²) in [4.78, 5) is 0. The molecule has 1 aromatic carbocycles. The van der Waals surface area contributed by atoms with Gasteiger partial charge in [-0.3, -0.25) is 0 Å². The van der Waals surface area contributed by atoms with Gasteiger partial charge in [0.25, 0.3) is 0 Å². The molecule has 0 amide bonds. The van der Waals surface area contributed by atoms with Gasteiger partial charge in [0.2, 0.25) is 0 Å². The summed E-state index contributed by atoms with van der Waals surface area (Å²) in [6.07, 6.45) is 5.97. The molecule has 1 rings (SSSR count). The minimum absolute atomic E-state index is 0.299. The number of para-hydroxylation sites is 1. The van der Waals surface area contributed by atoms with Crippen LogP contribution in [0.1, 0.15) is 19.8 Å². The van der Waals surface area contributed by atoms with Crippen molar-refractivity contribution < 1.29 is 9.13 Å². The zero-order chi connectivity index (χ0) is 10.2. The molecule has 0 saturated carbocycles. The van der Waals surface area contributed by atoms with Crippen LogP contribution in [0.4, 0.5) is 4.39 Å². The van der Waals surface area contributed by atoms with Crippen molar-refractivity contribution in [2.75, 3.05) is 6.61 Å². The molecule has 14 heavy (non-hydrogen) atoms. The third kappa shape index (κ3) is 3.60. The molecule has 0 N–H and O–H groups in total. The van der Waals surface area contributed by atoms with Crippen molar-refractivity contribution in [2.24, 2.45) is 0 Å². The Kier molecular flexibility index (Phi) is 4.76. The monoisotopic (exact) mass is 194 g/mol. The van der Waals surface area contributed by atoms with E-state index in [0.29, 0.717) is 12.4 Å². The molecular weight excluding hydrogens is 179 g/mol. The standard InChI is InChI=1S/C12H15FO/c1-2-3-4-7-10-14-12-9-6-5-8-11(12)13/h3-6,8-9H,2,7,10H2,1H3. The van der Waals surface area contributed by atoms with Gasteiger partial charge >= 0.3 is 0 Å². The quantitative estimate of drug-likeness (QED) is 0.514. The molecule has 0 aliphatic heterocycles. The number of allylic oxidation sites excluding steroid dienone is 1. The lowest BCUT2D eigenvalue weighted by Gasteiger charge is -2.04. The molecule has 0 bridgehead atoms. The van der Waals surface area contributed by atoms with Crippen molar-refractivity contribution in [3.63, 3.8) is 0 Å². The van der Waals surface area contributed by atoms with Gasteiger partial charge in [0.1, 0.15) is 0 Å².